The van der Waals surface area contributed by atoms with E-state index in [0.717, 1.165) is 0 Å². The highest BCUT2D eigenvalue weighted by Crippen LogP contribution is 1.94. The van der Waals surface area contributed by atoms with Gasteiger partial charge in [-0.3, -0.25) is 9.59 Å². The van der Waals surface area contributed by atoms with Gasteiger partial charge < -0.3 is 15.0 Å². The molecule has 0 spiro atoms. The minimum atomic E-state index is -0.153. The minimum Gasteiger partial charge on any atom is -0.369 e. The number of carbonyl (C=O) groups excluding carboxylic acids is 2. The van der Waals surface area contributed by atoms with Gasteiger partial charge in [-0.1, -0.05) is 0 Å². The Kier molecular flexibility index (Phi) is 7.54. The van der Waals surface area contributed by atoms with Crippen LogP contribution < -0.4 is 5.32 Å². The number of rotatable bonds is 7. The molecule has 2 amide bonds. The fourth-order valence-corrected chi connectivity index (χ4v) is 1.25. The normalized spacial score (nSPS) is 10.8. The maximum absolute atomic E-state index is 11.7. The molecule has 0 aliphatic rings. The minimum absolute atomic E-state index is 0.0159. The Hall–Kier alpha value is -1.10. The highest BCUT2D eigenvalue weighted by molar-refractivity contribution is 5.85. The standard InChI is InChI=1S/C12H24N2O3/c1-6-14(7-11(15)13-9(2)3)12(16)8-17-10(4)5/h9-10H,6-8H2,1-5H3,(H,13,15). The molecule has 0 saturated heterocycles. The molecule has 0 unspecified atom stereocenters. The molecule has 100 valence electrons. The van der Waals surface area contributed by atoms with E-state index in [1.54, 1.807) is 0 Å². The SMILES string of the molecule is CCN(CC(=O)NC(C)C)C(=O)COC(C)C. The van der Waals surface area contributed by atoms with E-state index in [9.17, 15) is 9.59 Å². The number of nitrogens with zero attached hydrogens (tertiary/aromatic N) is 1. The smallest absolute Gasteiger partial charge is 0.249 e. The molecule has 0 aliphatic heterocycles. The topological polar surface area (TPSA) is 58.6 Å². The maximum atomic E-state index is 11.7. The van der Waals surface area contributed by atoms with E-state index < -0.39 is 0 Å². The van der Waals surface area contributed by atoms with Crippen LogP contribution in [0.25, 0.3) is 0 Å². The van der Waals surface area contributed by atoms with Gasteiger partial charge in [-0.25, -0.2) is 0 Å². The number of likely N-dealkylation sites (N-methyl/N-ethyl adjacent to an activating group) is 1. The molecule has 5 heteroatoms. The number of ether oxygens (including phenoxy) is 1. The summed E-state index contributed by atoms with van der Waals surface area (Å²) in [5.74, 6) is -0.292. The molecule has 0 rings (SSSR count). The van der Waals surface area contributed by atoms with Gasteiger partial charge in [0.15, 0.2) is 0 Å². The van der Waals surface area contributed by atoms with Gasteiger partial charge >= 0.3 is 0 Å². The van der Waals surface area contributed by atoms with Gasteiger partial charge in [0.1, 0.15) is 6.61 Å². The van der Waals surface area contributed by atoms with E-state index in [1.807, 2.05) is 34.6 Å². The van der Waals surface area contributed by atoms with Crippen LogP contribution in [0.5, 0.6) is 0 Å². The molecule has 0 aromatic heterocycles. The summed E-state index contributed by atoms with van der Waals surface area (Å²) >= 11 is 0. The molecule has 0 aliphatic carbocycles. The molecule has 0 fully saturated rings. The van der Waals surface area contributed by atoms with Gasteiger partial charge in [0.2, 0.25) is 11.8 Å². The van der Waals surface area contributed by atoms with Crippen molar-refractivity contribution >= 4 is 11.8 Å². The molecular weight excluding hydrogens is 220 g/mol. The second-order valence-corrected chi connectivity index (χ2v) is 4.49. The zero-order chi connectivity index (χ0) is 13.4. The van der Waals surface area contributed by atoms with E-state index in [4.69, 9.17) is 4.74 Å². The third-order valence-electron chi connectivity index (χ3n) is 2.06. The Balaban J connectivity index is 4.13. The highest BCUT2D eigenvalue weighted by atomic mass is 16.5. The van der Waals surface area contributed by atoms with Gasteiger partial charge in [0, 0.05) is 12.6 Å². The summed E-state index contributed by atoms with van der Waals surface area (Å²) in [4.78, 5) is 24.7. The lowest BCUT2D eigenvalue weighted by Crippen LogP contribution is -2.44. The second-order valence-electron chi connectivity index (χ2n) is 4.49. The molecule has 0 radical (unpaired) electrons. The van der Waals surface area contributed by atoms with Crippen molar-refractivity contribution in [2.24, 2.45) is 0 Å². The highest BCUT2D eigenvalue weighted by Gasteiger charge is 2.16. The maximum Gasteiger partial charge on any atom is 0.249 e. The fourth-order valence-electron chi connectivity index (χ4n) is 1.25. The average molecular weight is 244 g/mol. The molecular formula is C12H24N2O3. The van der Waals surface area contributed by atoms with Crippen LogP contribution in [0.4, 0.5) is 0 Å². The molecule has 0 aromatic rings. The molecule has 0 bridgehead atoms. The number of hydrogen-bond donors (Lipinski definition) is 1. The van der Waals surface area contributed by atoms with Crippen LogP contribution >= 0.6 is 0 Å². The Morgan fingerprint density at radius 1 is 1.24 bits per heavy atom. The van der Waals surface area contributed by atoms with E-state index in [2.05, 4.69) is 5.32 Å². The van der Waals surface area contributed by atoms with Crippen molar-refractivity contribution in [1.29, 1.82) is 0 Å². The van der Waals surface area contributed by atoms with Crippen molar-refractivity contribution in [1.82, 2.24) is 10.2 Å². The van der Waals surface area contributed by atoms with Crippen molar-refractivity contribution in [2.45, 2.75) is 46.8 Å². The van der Waals surface area contributed by atoms with Crippen LogP contribution in [0.1, 0.15) is 34.6 Å². The first-order valence-electron chi connectivity index (χ1n) is 6.05. The predicted molar refractivity (Wildman–Crippen MR) is 66.6 cm³/mol. The molecule has 0 atom stereocenters. The second kappa shape index (κ2) is 8.06. The summed E-state index contributed by atoms with van der Waals surface area (Å²) < 4.78 is 5.23. The van der Waals surface area contributed by atoms with Crippen LogP contribution in [0, 0.1) is 0 Å². The first kappa shape index (κ1) is 15.9. The summed E-state index contributed by atoms with van der Waals surface area (Å²) in [5.41, 5.74) is 0. The summed E-state index contributed by atoms with van der Waals surface area (Å²) in [5, 5.41) is 2.75. The van der Waals surface area contributed by atoms with Gasteiger partial charge in [-0.2, -0.15) is 0 Å². The molecule has 17 heavy (non-hydrogen) atoms. The molecule has 0 heterocycles. The summed E-state index contributed by atoms with van der Waals surface area (Å²) in [6.45, 7) is 9.98. The van der Waals surface area contributed by atoms with Crippen molar-refractivity contribution < 1.29 is 14.3 Å². The summed E-state index contributed by atoms with van der Waals surface area (Å²) in [6, 6.07) is 0.0863. The lowest BCUT2D eigenvalue weighted by Gasteiger charge is -2.21. The van der Waals surface area contributed by atoms with Crippen LogP contribution in [-0.4, -0.2) is 48.6 Å². The van der Waals surface area contributed by atoms with Crippen LogP contribution in [-0.2, 0) is 14.3 Å². The Bertz CT molecular complexity index is 252. The van der Waals surface area contributed by atoms with Crippen LogP contribution in [0.3, 0.4) is 0 Å². The van der Waals surface area contributed by atoms with Crippen molar-refractivity contribution in [3.63, 3.8) is 0 Å². The predicted octanol–water partition coefficient (Wildman–Crippen LogP) is 0.785. The average Bonchev–Trinajstić information content (AvgIpc) is 2.21. The van der Waals surface area contributed by atoms with E-state index in [0.29, 0.717) is 6.54 Å². The number of amides is 2. The number of carbonyl (C=O) groups is 2. The Morgan fingerprint density at radius 2 is 1.82 bits per heavy atom. The first-order valence-corrected chi connectivity index (χ1v) is 6.05. The lowest BCUT2D eigenvalue weighted by molar-refractivity contribution is -0.140. The zero-order valence-electron chi connectivity index (χ0n) is 11.4. The molecule has 0 aromatic carbocycles. The van der Waals surface area contributed by atoms with Crippen LogP contribution in [0.15, 0.2) is 0 Å². The lowest BCUT2D eigenvalue weighted by atomic mass is 10.3. The van der Waals surface area contributed by atoms with E-state index in [-0.39, 0.29) is 37.1 Å². The number of hydrogen-bond acceptors (Lipinski definition) is 3. The first-order chi connectivity index (χ1) is 7.86. The third kappa shape index (κ3) is 7.74. The van der Waals surface area contributed by atoms with Crippen LogP contribution in [0.2, 0.25) is 0 Å². The van der Waals surface area contributed by atoms with Crippen molar-refractivity contribution in [3.8, 4) is 0 Å². The zero-order valence-corrected chi connectivity index (χ0v) is 11.4. The molecule has 5 nitrogen and oxygen atoms in total. The number of nitrogens with one attached hydrogen (secondary N) is 1. The van der Waals surface area contributed by atoms with Crippen molar-refractivity contribution in [2.75, 3.05) is 19.7 Å². The molecule has 0 saturated carbocycles. The fraction of sp³-hybridized carbons (Fsp3) is 0.833. The summed E-state index contributed by atoms with van der Waals surface area (Å²) in [6.07, 6.45) is 0.0159. The third-order valence-corrected chi connectivity index (χ3v) is 2.06. The Labute approximate surface area is 103 Å². The Morgan fingerprint density at radius 3 is 2.24 bits per heavy atom. The van der Waals surface area contributed by atoms with Gasteiger partial charge in [0.25, 0.3) is 0 Å². The molecule has 1 N–H and O–H groups in total. The quantitative estimate of drug-likeness (QED) is 0.720. The van der Waals surface area contributed by atoms with Gasteiger partial charge in [-0.05, 0) is 34.6 Å². The van der Waals surface area contributed by atoms with E-state index >= 15 is 0 Å². The van der Waals surface area contributed by atoms with E-state index in [1.165, 1.54) is 4.90 Å². The monoisotopic (exact) mass is 244 g/mol. The largest absolute Gasteiger partial charge is 0.369 e. The van der Waals surface area contributed by atoms with Gasteiger partial charge in [0.05, 0.1) is 12.6 Å². The summed E-state index contributed by atoms with van der Waals surface area (Å²) in [7, 11) is 0. The van der Waals surface area contributed by atoms with Crippen molar-refractivity contribution in [3.05, 3.63) is 0 Å². The van der Waals surface area contributed by atoms with Gasteiger partial charge in [-0.15, -0.1) is 0 Å².